The van der Waals surface area contributed by atoms with Gasteiger partial charge in [0.2, 0.25) is 0 Å². The second-order valence-corrected chi connectivity index (χ2v) is 15.4. The molecule has 0 spiro atoms. The van der Waals surface area contributed by atoms with Gasteiger partial charge in [-0.1, -0.05) is 155 Å². The van der Waals surface area contributed by atoms with Crippen molar-refractivity contribution in [3.8, 4) is 0 Å². The van der Waals surface area contributed by atoms with Gasteiger partial charge in [0, 0.05) is 19.4 Å². The minimum Gasteiger partial charge on any atom is -0.462 e. The maximum absolute atomic E-state index is 12.6. The van der Waals surface area contributed by atoms with E-state index in [2.05, 4.69) is 62.5 Å². The summed E-state index contributed by atoms with van der Waals surface area (Å²) in [5.41, 5.74) is 5.33. The molecule has 0 aromatic rings. The van der Waals surface area contributed by atoms with Crippen molar-refractivity contribution < 1.29 is 47.8 Å². The molecular weight excluding hydrogens is 769 g/mol. The molecule has 0 heterocycles. The number of esters is 2. The lowest BCUT2D eigenvalue weighted by atomic mass is 10.1. The third-order valence-corrected chi connectivity index (χ3v) is 9.34. The Labute approximate surface area is 355 Å². The van der Waals surface area contributed by atoms with Crippen LogP contribution >= 0.6 is 7.82 Å². The highest BCUT2D eigenvalue weighted by Crippen LogP contribution is 2.43. The second-order valence-electron chi connectivity index (χ2n) is 13.9. The summed E-state index contributed by atoms with van der Waals surface area (Å²) >= 11 is 0. The van der Waals surface area contributed by atoms with Gasteiger partial charge in [0.1, 0.15) is 6.61 Å². The van der Waals surface area contributed by atoms with Crippen LogP contribution in [0, 0.1) is 0 Å². The predicted octanol–water partition coefficient (Wildman–Crippen LogP) is 10.3. The Morgan fingerprint density at radius 1 is 0.593 bits per heavy atom. The number of unbranched alkanes of at least 4 members (excludes halogenated alkanes) is 5. The highest BCUT2D eigenvalue weighted by Gasteiger charge is 2.26. The Bertz CT molecular complexity index is 1360. The van der Waals surface area contributed by atoms with E-state index in [0.29, 0.717) is 25.7 Å². The van der Waals surface area contributed by atoms with Crippen LogP contribution in [0.3, 0.4) is 0 Å². The van der Waals surface area contributed by atoms with Gasteiger partial charge in [0.15, 0.2) is 6.10 Å². The van der Waals surface area contributed by atoms with Gasteiger partial charge in [-0.25, -0.2) is 4.57 Å². The number of rotatable bonds is 38. The van der Waals surface area contributed by atoms with Gasteiger partial charge in [0.25, 0.3) is 0 Å². The summed E-state index contributed by atoms with van der Waals surface area (Å²) < 4.78 is 32.5. The average molecular weight is 846 g/mol. The van der Waals surface area contributed by atoms with E-state index in [-0.39, 0.29) is 32.6 Å². The highest BCUT2D eigenvalue weighted by molar-refractivity contribution is 7.47. The first-order chi connectivity index (χ1) is 28.6. The summed E-state index contributed by atoms with van der Waals surface area (Å²) in [6, 6.07) is 0. The fourth-order valence-corrected chi connectivity index (χ4v) is 5.83. The molecule has 0 amide bonds. The highest BCUT2D eigenvalue weighted by atomic mass is 31.2. The van der Waals surface area contributed by atoms with Crippen molar-refractivity contribution in [2.24, 2.45) is 5.73 Å². The van der Waals surface area contributed by atoms with Gasteiger partial charge in [-0.05, 0) is 70.6 Å². The van der Waals surface area contributed by atoms with Crippen LogP contribution in [0.2, 0.25) is 0 Å². The molecule has 4 atom stereocenters. The monoisotopic (exact) mass is 846 g/mol. The van der Waals surface area contributed by atoms with E-state index >= 15 is 0 Å². The maximum atomic E-state index is 12.6. The Morgan fingerprint density at radius 2 is 1.10 bits per heavy atom. The van der Waals surface area contributed by atoms with E-state index in [1.807, 2.05) is 42.5 Å². The zero-order valence-electron chi connectivity index (χ0n) is 35.9. The molecule has 0 aliphatic rings. The maximum Gasteiger partial charge on any atom is 0.472 e. The Kier molecular flexibility index (Phi) is 38.9. The summed E-state index contributed by atoms with van der Waals surface area (Å²) in [5.74, 6) is -1.17. The Hall–Kier alpha value is -3.41. The summed E-state index contributed by atoms with van der Waals surface area (Å²) in [4.78, 5) is 34.8. The van der Waals surface area contributed by atoms with E-state index in [0.717, 1.165) is 57.8 Å². The lowest BCUT2D eigenvalue weighted by molar-refractivity contribution is -0.161. The predicted molar refractivity (Wildman–Crippen MR) is 240 cm³/mol. The van der Waals surface area contributed by atoms with Gasteiger partial charge in [-0.3, -0.25) is 18.6 Å². The molecule has 0 aliphatic carbocycles. The summed E-state index contributed by atoms with van der Waals surface area (Å²) in [6.45, 7) is 3.22. The molecular formula is C47H76NO10P. The molecule has 0 fully saturated rings. The van der Waals surface area contributed by atoms with Crippen molar-refractivity contribution in [3.05, 3.63) is 109 Å². The van der Waals surface area contributed by atoms with Gasteiger partial charge in [-0.15, -0.1) is 0 Å². The number of hydrogen-bond donors (Lipinski definition) is 4. The van der Waals surface area contributed by atoms with Crippen LogP contribution < -0.4 is 5.73 Å². The first-order valence-electron chi connectivity index (χ1n) is 21.6. The number of hydrogen-bond acceptors (Lipinski definition) is 10. The quantitative estimate of drug-likeness (QED) is 0.0153. The third-order valence-electron chi connectivity index (χ3n) is 8.35. The minimum absolute atomic E-state index is 0.00307. The molecule has 59 heavy (non-hydrogen) atoms. The average Bonchev–Trinajstić information content (AvgIpc) is 3.21. The van der Waals surface area contributed by atoms with Crippen LogP contribution in [-0.2, 0) is 32.7 Å². The summed E-state index contributed by atoms with van der Waals surface area (Å²) in [7, 11) is -4.46. The topological polar surface area (TPSA) is 175 Å². The number of phosphoric ester groups is 1. The van der Waals surface area contributed by atoms with E-state index < -0.39 is 44.7 Å². The standard InChI is InChI=1S/C47H76NO10P/c1-3-5-7-8-9-10-11-12-13-14-15-16-17-18-19-20-24-27-31-37-47(52)58-45(42-57-59(53,54)56-40-39-48)41-55-46(51)38-32-36-44(50)35-30-26-23-21-22-25-29-34-43(49)33-28-6-4-2/h9-10,12-13,15-16,18-19,22-27,29-30,34-35,43-45,49-50H,3-8,11,14,17,20-21,28,31-33,36-42,48H2,1-2H3,(H,53,54)/b10-9-,13-12-,16-15-,19-18-,25-22-,26-23-,27-24-,34-29+,35-30+/t43-,44-,45+/m0/s1. The van der Waals surface area contributed by atoms with Crippen molar-refractivity contribution in [2.45, 2.75) is 148 Å². The minimum atomic E-state index is -4.46. The molecule has 0 aliphatic heterocycles. The fraction of sp³-hybridized carbons (Fsp3) is 0.574. The molecule has 0 radical (unpaired) electrons. The SMILES string of the molecule is CCCCC/C=C\C/C=C\C/C=C\C/C=C\C/C=C\CCC(=O)O[C@H](COC(=O)CCC[C@@H](O)/C=C/C=C\C/C=C\C=C\[C@@H](O)CCCCC)COP(=O)(O)OCCN. The van der Waals surface area contributed by atoms with Crippen LogP contribution in [-0.4, -0.2) is 71.7 Å². The molecule has 0 bridgehead atoms. The van der Waals surface area contributed by atoms with Crippen molar-refractivity contribution in [2.75, 3.05) is 26.4 Å². The molecule has 0 saturated carbocycles. The molecule has 0 aromatic heterocycles. The van der Waals surface area contributed by atoms with Crippen LogP contribution in [0.15, 0.2) is 109 Å². The molecule has 12 heteroatoms. The summed E-state index contributed by atoms with van der Waals surface area (Å²) in [6.07, 6.45) is 47.8. The molecule has 1 unspecified atom stereocenters. The first kappa shape index (κ1) is 55.6. The van der Waals surface area contributed by atoms with Crippen LogP contribution in [0.25, 0.3) is 0 Å². The van der Waals surface area contributed by atoms with Crippen LogP contribution in [0.4, 0.5) is 0 Å². The first-order valence-corrected chi connectivity index (χ1v) is 23.1. The van der Waals surface area contributed by atoms with Crippen molar-refractivity contribution in [1.29, 1.82) is 0 Å². The second kappa shape index (κ2) is 41.3. The van der Waals surface area contributed by atoms with E-state index in [9.17, 15) is 29.3 Å². The number of nitrogens with two attached hydrogens (primary N) is 1. The van der Waals surface area contributed by atoms with Crippen molar-refractivity contribution >= 4 is 19.8 Å². The third kappa shape index (κ3) is 41.1. The largest absolute Gasteiger partial charge is 0.472 e. The lowest BCUT2D eigenvalue weighted by Crippen LogP contribution is -2.29. The van der Waals surface area contributed by atoms with Gasteiger partial charge in [-0.2, -0.15) is 0 Å². The lowest BCUT2D eigenvalue weighted by Gasteiger charge is -2.19. The van der Waals surface area contributed by atoms with E-state index in [1.165, 1.54) is 19.3 Å². The van der Waals surface area contributed by atoms with E-state index in [4.69, 9.17) is 24.3 Å². The van der Waals surface area contributed by atoms with Gasteiger partial charge in [0.05, 0.1) is 25.4 Å². The fourth-order valence-electron chi connectivity index (χ4n) is 5.06. The Balaban J connectivity index is 4.54. The zero-order valence-corrected chi connectivity index (χ0v) is 36.8. The number of allylic oxidation sites excluding steroid dienone is 16. The molecule has 0 saturated heterocycles. The van der Waals surface area contributed by atoms with Crippen molar-refractivity contribution in [3.63, 3.8) is 0 Å². The summed E-state index contributed by atoms with van der Waals surface area (Å²) in [5, 5.41) is 20.1. The molecule has 334 valence electrons. The zero-order chi connectivity index (χ0) is 43.5. The molecule has 0 rings (SSSR count). The van der Waals surface area contributed by atoms with Crippen LogP contribution in [0.1, 0.15) is 129 Å². The van der Waals surface area contributed by atoms with Crippen LogP contribution in [0.5, 0.6) is 0 Å². The number of carbonyl (C=O) groups is 2. The number of aliphatic hydroxyl groups excluding tert-OH is 2. The molecule has 11 nitrogen and oxygen atoms in total. The number of ether oxygens (including phenoxy) is 2. The smallest absolute Gasteiger partial charge is 0.462 e. The number of phosphoric acid groups is 1. The molecule has 5 N–H and O–H groups in total. The van der Waals surface area contributed by atoms with E-state index in [1.54, 1.807) is 18.2 Å². The number of carbonyl (C=O) groups excluding carboxylic acids is 2. The number of aliphatic hydroxyl groups is 2. The van der Waals surface area contributed by atoms with Gasteiger partial charge >= 0.3 is 19.8 Å². The normalized spacial score (nSPS) is 15.4. The molecule has 0 aromatic carbocycles. The van der Waals surface area contributed by atoms with Gasteiger partial charge < -0.3 is 30.3 Å². The Morgan fingerprint density at radius 3 is 1.66 bits per heavy atom. The van der Waals surface area contributed by atoms with Crippen molar-refractivity contribution in [1.82, 2.24) is 0 Å².